The minimum absolute atomic E-state index is 0.142. The normalized spacial score (nSPS) is 19.7. The van der Waals surface area contributed by atoms with Crippen LogP contribution in [0.15, 0.2) is 36.5 Å². The average molecular weight is 390 g/mol. The Morgan fingerprint density at radius 1 is 1.10 bits per heavy atom. The fourth-order valence-electron chi connectivity index (χ4n) is 4.81. The lowest BCUT2D eigenvalue weighted by Gasteiger charge is -2.37. The van der Waals surface area contributed by atoms with Crippen LogP contribution in [0.5, 0.6) is 0 Å². The molecule has 2 aliphatic heterocycles. The molecule has 2 aliphatic rings. The summed E-state index contributed by atoms with van der Waals surface area (Å²) in [6, 6.07) is 11.1. The molecule has 2 fully saturated rings. The van der Waals surface area contributed by atoms with Crippen molar-refractivity contribution < 1.29 is 4.79 Å². The minimum Gasteiger partial charge on any atom is -0.338 e. The molecule has 1 unspecified atom stereocenters. The second-order valence-electron chi connectivity index (χ2n) is 8.34. The highest BCUT2D eigenvalue weighted by molar-refractivity contribution is 5.95. The summed E-state index contributed by atoms with van der Waals surface area (Å²) in [6.45, 7) is 8.18. The molecule has 2 saturated heterocycles. The summed E-state index contributed by atoms with van der Waals surface area (Å²) in [5.74, 6) is 0.142. The maximum absolute atomic E-state index is 13.0. The Morgan fingerprint density at radius 2 is 1.93 bits per heavy atom. The summed E-state index contributed by atoms with van der Waals surface area (Å²) in [7, 11) is 0. The van der Waals surface area contributed by atoms with Crippen LogP contribution in [0.25, 0.3) is 22.2 Å². The molecule has 6 nitrogen and oxygen atoms in total. The number of aromatic nitrogens is 3. The van der Waals surface area contributed by atoms with Gasteiger partial charge >= 0.3 is 0 Å². The Bertz CT molecular complexity index is 1060. The molecule has 0 bridgehead atoms. The molecule has 3 aromatic rings. The quantitative estimate of drug-likeness (QED) is 0.691. The number of carbonyl (C=O) groups is 1. The lowest BCUT2D eigenvalue weighted by Crippen LogP contribution is -2.52. The molecule has 0 spiro atoms. The molecular formula is C23H27N5O. The number of pyridine rings is 1. The maximum atomic E-state index is 13.0. The van der Waals surface area contributed by atoms with Gasteiger partial charge in [0.2, 0.25) is 5.91 Å². The Balaban J connectivity index is 1.43. The van der Waals surface area contributed by atoms with Crippen LogP contribution >= 0.6 is 0 Å². The first-order valence-corrected chi connectivity index (χ1v) is 10.5. The zero-order valence-electron chi connectivity index (χ0n) is 17.1. The first-order valence-electron chi connectivity index (χ1n) is 10.5. The molecule has 0 saturated carbocycles. The highest BCUT2D eigenvalue weighted by Gasteiger charge is 2.32. The molecule has 29 heavy (non-hydrogen) atoms. The Hall–Kier alpha value is -2.73. The molecule has 0 N–H and O–H groups in total. The zero-order valence-corrected chi connectivity index (χ0v) is 17.1. The van der Waals surface area contributed by atoms with E-state index >= 15 is 0 Å². The predicted molar refractivity (Wildman–Crippen MR) is 114 cm³/mol. The SMILES string of the molecule is Cc1ccc(-c2ccnc3c2c(C)nn3CC(=O)N2CCN3CCCC3C2)cc1. The first-order chi connectivity index (χ1) is 14.1. The second-order valence-corrected chi connectivity index (χ2v) is 8.34. The molecule has 5 rings (SSSR count). The molecule has 150 valence electrons. The van der Waals surface area contributed by atoms with Crippen molar-refractivity contribution in [3.05, 3.63) is 47.8 Å². The minimum atomic E-state index is 0.142. The second kappa shape index (κ2) is 7.26. The van der Waals surface area contributed by atoms with Crippen molar-refractivity contribution in [2.75, 3.05) is 26.2 Å². The third-order valence-electron chi connectivity index (χ3n) is 6.40. The average Bonchev–Trinajstić information content (AvgIpc) is 3.32. The number of hydrogen-bond donors (Lipinski definition) is 0. The monoisotopic (exact) mass is 389 g/mol. The lowest BCUT2D eigenvalue weighted by molar-refractivity contribution is -0.134. The summed E-state index contributed by atoms with van der Waals surface area (Å²) in [6.07, 6.45) is 4.27. The van der Waals surface area contributed by atoms with Gasteiger partial charge in [-0.15, -0.1) is 0 Å². The van der Waals surface area contributed by atoms with Crippen molar-refractivity contribution in [3.8, 4) is 11.1 Å². The van der Waals surface area contributed by atoms with E-state index in [4.69, 9.17) is 5.10 Å². The van der Waals surface area contributed by atoms with Crippen molar-refractivity contribution in [1.29, 1.82) is 0 Å². The van der Waals surface area contributed by atoms with Gasteiger partial charge in [-0.2, -0.15) is 5.10 Å². The van der Waals surface area contributed by atoms with Crippen LogP contribution in [0.4, 0.5) is 0 Å². The largest absolute Gasteiger partial charge is 0.338 e. The fraction of sp³-hybridized carbons (Fsp3) is 0.435. The van der Waals surface area contributed by atoms with E-state index in [0.717, 1.165) is 47.5 Å². The van der Waals surface area contributed by atoms with Gasteiger partial charge in [-0.05, 0) is 50.4 Å². The zero-order chi connectivity index (χ0) is 20.0. The smallest absolute Gasteiger partial charge is 0.244 e. The van der Waals surface area contributed by atoms with Crippen LogP contribution in [0.2, 0.25) is 0 Å². The number of rotatable bonds is 3. The van der Waals surface area contributed by atoms with Crippen LogP contribution in [-0.4, -0.2) is 62.7 Å². The van der Waals surface area contributed by atoms with Crippen LogP contribution in [0.1, 0.15) is 24.1 Å². The van der Waals surface area contributed by atoms with Gasteiger partial charge in [0, 0.05) is 37.3 Å². The van der Waals surface area contributed by atoms with Crippen molar-refractivity contribution in [2.45, 2.75) is 39.3 Å². The number of nitrogens with zero attached hydrogens (tertiary/aromatic N) is 5. The van der Waals surface area contributed by atoms with Crippen LogP contribution in [0.3, 0.4) is 0 Å². The summed E-state index contributed by atoms with van der Waals surface area (Å²) >= 11 is 0. The van der Waals surface area contributed by atoms with Crippen molar-refractivity contribution in [1.82, 2.24) is 24.6 Å². The third kappa shape index (κ3) is 3.31. The highest BCUT2D eigenvalue weighted by Crippen LogP contribution is 2.30. The topological polar surface area (TPSA) is 54.3 Å². The molecule has 4 heterocycles. The number of benzene rings is 1. The molecule has 1 aromatic carbocycles. The van der Waals surface area contributed by atoms with Gasteiger partial charge in [0.1, 0.15) is 6.54 Å². The molecule has 0 radical (unpaired) electrons. The van der Waals surface area contributed by atoms with Crippen LogP contribution in [0, 0.1) is 13.8 Å². The van der Waals surface area contributed by atoms with Crippen molar-refractivity contribution in [2.24, 2.45) is 0 Å². The van der Waals surface area contributed by atoms with Gasteiger partial charge in [0.15, 0.2) is 5.65 Å². The molecule has 1 amide bonds. The van der Waals surface area contributed by atoms with Gasteiger partial charge in [-0.3, -0.25) is 9.69 Å². The summed E-state index contributed by atoms with van der Waals surface area (Å²) in [5, 5.41) is 5.72. The van der Waals surface area contributed by atoms with E-state index in [1.807, 2.05) is 24.1 Å². The Labute approximate surface area is 171 Å². The number of aryl methyl sites for hydroxylation is 2. The summed E-state index contributed by atoms with van der Waals surface area (Å²) < 4.78 is 1.78. The van der Waals surface area contributed by atoms with Gasteiger partial charge < -0.3 is 4.90 Å². The van der Waals surface area contributed by atoms with Gasteiger partial charge in [0.25, 0.3) is 0 Å². The van der Waals surface area contributed by atoms with E-state index in [2.05, 4.69) is 41.1 Å². The van der Waals surface area contributed by atoms with E-state index in [-0.39, 0.29) is 12.5 Å². The molecule has 2 aromatic heterocycles. The Kier molecular flexibility index (Phi) is 4.59. The van der Waals surface area contributed by atoms with Gasteiger partial charge in [0.05, 0.1) is 5.69 Å². The van der Waals surface area contributed by atoms with E-state index in [9.17, 15) is 4.79 Å². The lowest BCUT2D eigenvalue weighted by atomic mass is 10.0. The van der Waals surface area contributed by atoms with E-state index < -0.39 is 0 Å². The summed E-state index contributed by atoms with van der Waals surface area (Å²) in [5.41, 5.74) is 5.20. The third-order valence-corrected chi connectivity index (χ3v) is 6.40. The van der Waals surface area contributed by atoms with E-state index in [0.29, 0.717) is 6.04 Å². The van der Waals surface area contributed by atoms with Crippen LogP contribution in [-0.2, 0) is 11.3 Å². The van der Waals surface area contributed by atoms with E-state index in [1.54, 1.807) is 4.68 Å². The fourth-order valence-corrected chi connectivity index (χ4v) is 4.81. The number of piperazine rings is 1. The first kappa shape index (κ1) is 18.3. The summed E-state index contributed by atoms with van der Waals surface area (Å²) in [4.78, 5) is 22.1. The molecule has 1 atom stereocenters. The predicted octanol–water partition coefficient (Wildman–Crippen LogP) is 3.02. The van der Waals surface area contributed by atoms with Gasteiger partial charge in [-0.25, -0.2) is 9.67 Å². The van der Waals surface area contributed by atoms with Crippen molar-refractivity contribution >= 4 is 16.9 Å². The number of amides is 1. The Morgan fingerprint density at radius 3 is 2.76 bits per heavy atom. The number of fused-ring (bicyclic) bond motifs is 2. The highest BCUT2D eigenvalue weighted by atomic mass is 16.2. The van der Waals surface area contributed by atoms with E-state index in [1.165, 1.54) is 24.9 Å². The van der Waals surface area contributed by atoms with Crippen molar-refractivity contribution in [3.63, 3.8) is 0 Å². The molecule has 0 aliphatic carbocycles. The molecular weight excluding hydrogens is 362 g/mol. The van der Waals surface area contributed by atoms with Crippen LogP contribution < -0.4 is 0 Å². The molecule has 6 heteroatoms. The maximum Gasteiger partial charge on any atom is 0.244 e. The number of carbonyl (C=O) groups excluding carboxylic acids is 1. The standard InChI is InChI=1S/C23H27N5O/c1-16-5-7-18(8-6-16)20-9-10-24-23-22(20)17(2)25-28(23)15-21(29)27-13-12-26-11-3-4-19(26)14-27/h5-10,19H,3-4,11-15H2,1-2H3. The number of hydrogen-bond acceptors (Lipinski definition) is 4. The van der Waals surface area contributed by atoms with Gasteiger partial charge in [-0.1, -0.05) is 29.8 Å².